The Bertz CT molecular complexity index is 1700. The third-order valence-corrected chi connectivity index (χ3v) is 7.62. The molecule has 204 valence electrons. The average molecular weight is 542 g/mol. The van der Waals surface area contributed by atoms with Crippen LogP contribution >= 0.6 is 0 Å². The van der Waals surface area contributed by atoms with Crippen molar-refractivity contribution in [3.05, 3.63) is 144 Å². The van der Waals surface area contributed by atoms with Crippen LogP contribution in [-0.2, 0) is 17.8 Å². The molecule has 0 aliphatic heterocycles. The van der Waals surface area contributed by atoms with Crippen LogP contribution in [0.1, 0.15) is 39.4 Å². The predicted molar refractivity (Wildman–Crippen MR) is 163 cm³/mol. The Kier molecular flexibility index (Phi) is 7.23. The molecule has 5 aromatic rings. The Morgan fingerprint density at radius 2 is 1.49 bits per heavy atom. The molecule has 1 saturated carbocycles. The Morgan fingerprint density at radius 3 is 2.29 bits per heavy atom. The van der Waals surface area contributed by atoms with E-state index in [1.54, 1.807) is 24.3 Å². The molecule has 0 unspecified atom stereocenters. The largest absolute Gasteiger partial charge is 0.444 e. The molecule has 1 aliphatic rings. The molecule has 0 radical (unpaired) electrons. The molecule has 2 amide bonds. The van der Waals surface area contributed by atoms with Crippen LogP contribution in [0.15, 0.2) is 121 Å². The van der Waals surface area contributed by atoms with E-state index >= 15 is 0 Å². The van der Waals surface area contributed by atoms with Crippen LogP contribution in [-0.4, -0.2) is 17.5 Å². The number of carbonyl (C=O) groups is 2. The molecular formula is C35H31N3O3. The average Bonchev–Trinajstić information content (AvgIpc) is 3.67. The van der Waals surface area contributed by atoms with Gasteiger partial charge in [0.15, 0.2) is 0 Å². The van der Waals surface area contributed by atoms with Crippen molar-refractivity contribution in [3.8, 4) is 0 Å². The second-order valence-electron chi connectivity index (χ2n) is 10.7. The third kappa shape index (κ3) is 6.29. The van der Waals surface area contributed by atoms with E-state index in [1.165, 1.54) is 21.9 Å². The maximum absolute atomic E-state index is 12.9. The van der Waals surface area contributed by atoms with E-state index in [4.69, 9.17) is 10.5 Å². The molecule has 4 N–H and O–H groups in total. The minimum atomic E-state index is -0.585. The molecule has 6 nitrogen and oxygen atoms in total. The maximum atomic E-state index is 12.9. The number of benzene rings is 5. The number of nitrogens with two attached hydrogens (primary N) is 1. The van der Waals surface area contributed by atoms with Gasteiger partial charge in [0.25, 0.3) is 5.91 Å². The fraction of sp³-hybridized carbons (Fsp3) is 0.143. The monoisotopic (exact) mass is 541 g/mol. The molecule has 0 heterocycles. The summed E-state index contributed by atoms with van der Waals surface area (Å²) in [6, 6.07) is 39.0. The normalized spacial score (nSPS) is 17.5. The number of carbonyl (C=O) groups excluding carboxylic acids is 2. The van der Waals surface area contributed by atoms with Crippen LogP contribution in [0.25, 0.3) is 10.8 Å². The van der Waals surface area contributed by atoms with Gasteiger partial charge in [-0.25, -0.2) is 4.79 Å². The van der Waals surface area contributed by atoms with E-state index in [0.29, 0.717) is 16.9 Å². The van der Waals surface area contributed by atoms with E-state index in [-0.39, 0.29) is 24.0 Å². The van der Waals surface area contributed by atoms with E-state index in [2.05, 4.69) is 53.1 Å². The number of ether oxygens (including phenoxy) is 1. The van der Waals surface area contributed by atoms with Gasteiger partial charge >= 0.3 is 6.09 Å². The number of amides is 2. The molecule has 1 fully saturated rings. The Hall–Kier alpha value is -4.94. The zero-order valence-electron chi connectivity index (χ0n) is 22.5. The van der Waals surface area contributed by atoms with Crippen molar-refractivity contribution in [2.45, 2.75) is 30.9 Å². The molecule has 0 saturated heterocycles. The van der Waals surface area contributed by atoms with E-state index in [1.807, 2.05) is 54.6 Å². The lowest BCUT2D eigenvalue weighted by Crippen LogP contribution is -2.27. The van der Waals surface area contributed by atoms with Crippen molar-refractivity contribution in [2.75, 3.05) is 10.6 Å². The second-order valence-corrected chi connectivity index (χ2v) is 10.7. The number of hydrogen-bond donors (Lipinski definition) is 3. The first-order valence-electron chi connectivity index (χ1n) is 13.7. The molecule has 0 bridgehead atoms. The molecule has 0 spiro atoms. The number of rotatable bonds is 8. The maximum Gasteiger partial charge on any atom is 0.411 e. The summed E-state index contributed by atoms with van der Waals surface area (Å²) >= 11 is 0. The van der Waals surface area contributed by atoms with E-state index < -0.39 is 6.09 Å². The summed E-state index contributed by atoms with van der Waals surface area (Å²) in [4.78, 5) is 25.1. The SMILES string of the molecule is N[C@@]1(Cc2ccc3ccccc3c2)C[C@H]1c1ccc(NC(=O)c2cccc(NC(=O)OCc3ccccc3)c2)cc1. The molecule has 0 aromatic heterocycles. The first kappa shape index (κ1) is 26.3. The highest BCUT2D eigenvalue weighted by atomic mass is 16.5. The molecule has 1 aliphatic carbocycles. The number of anilines is 2. The molecular weight excluding hydrogens is 510 g/mol. The Labute approximate surface area is 239 Å². The lowest BCUT2D eigenvalue weighted by atomic mass is 9.97. The Balaban J connectivity index is 1.03. The molecule has 6 heteroatoms. The van der Waals surface area contributed by atoms with Gasteiger partial charge in [0.2, 0.25) is 0 Å². The summed E-state index contributed by atoms with van der Waals surface area (Å²) in [6.45, 7) is 0.165. The van der Waals surface area contributed by atoms with Gasteiger partial charge in [-0.3, -0.25) is 10.1 Å². The van der Waals surface area contributed by atoms with Crippen molar-refractivity contribution in [2.24, 2.45) is 5.73 Å². The van der Waals surface area contributed by atoms with E-state index in [0.717, 1.165) is 18.4 Å². The summed E-state index contributed by atoms with van der Waals surface area (Å²) in [6.07, 6.45) is 1.17. The predicted octanol–water partition coefficient (Wildman–Crippen LogP) is 7.27. The minimum Gasteiger partial charge on any atom is -0.444 e. The van der Waals surface area contributed by atoms with Gasteiger partial charge in [-0.15, -0.1) is 0 Å². The van der Waals surface area contributed by atoms with Gasteiger partial charge in [-0.05, 0) is 70.6 Å². The highest BCUT2D eigenvalue weighted by Gasteiger charge is 2.51. The highest BCUT2D eigenvalue weighted by Crippen LogP contribution is 2.51. The van der Waals surface area contributed by atoms with Crippen LogP contribution < -0.4 is 16.4 Å². The standard InChI is InChI=1S/C35H31N3O3/c36-35(21-25-13-14-26-9-4-5-10-28(26)19-25)22-32(35)27-15-17-30(18-16-27)37-33(39)29-11-6-12-31(20-29)38-34(40)41-23-24-7-2-1-3-8-24/h1-20,32H,21-23,36H2,(H,37,39)(H,38,40)/t32-,35-/m0/s1. The highest BCUT2D eigenvalue weighted by molar-refractivity contribution is 6.05. The summed E-state index contributed by atoms with van der Waals surface area (Å²) in [5, 5.41) is 8.08. The van der Waals surface area contributed by atoms with Gasteiger partial charge in [0.05, 0.1) is 0 Å². The van der Waals surface area contributed by atoms with Crippen molar-refractivity contribution < 1.29 is 14.3 Å². The summed E-state index contributed by atoms with van der Waals surface area (Å²) in [5.41, 5.74) is 11.4. The van der Waals surface area contributed by atoms with Crippen molar-refractivity contribution >= 4 is 34.1 Å². The zero-order chi connectivity index (χ0) is 28.2. The molecule has 6 rings (SSSR count). The zero-order valence-corrected chi connectivity index (χ0v) is 22.5. The lowest BCUT2D eigenvalue weighted by molar-refractivity contribution is 0.102. The number of nitrogens with one attached hydrogen (secondary N) is 2. The van der Waals surface area contributed by atoms with Crippen LogP contribution in [0.2, 0.25) is 0 Å². The topological polar surface area (TPSA) is 93.5 Å². The first-order chi connectivity index (χ1) is 19.9. The van der Waals surface area contributed by atoms with Gasteiger partial charge in [0, 0.05) is 28.4 Å². The fourth-order valence-corrected chi connectivity index (χ4v) is 5.31. The second kappa shape index (κ2) is 11.3. The first-order valence-corrected chi connectivity index (χ1v) is 13.7. The summed E-state index contributed by atoms with van der Waals surface area (Å²) in [5.74, 6) is 0.0121. The van der Waals surface area contributed by atoms with E-state index in [9.17, 15) is 9.59 Å². The van der Waals surface area contributed by atoms with Crippen LogP contribution in [0.5, 0.6) is 0 Å². The van der Waals surface area contributed by atoms with Crippen molar-refractivity contribution in [1.82, 2.24) is 0 Å². The van der Waals surface area contributed by atoms with Crippen molar-refractivity contribution in [3.63, 3.8) is 0 Å². The lowest BCUT2D eigenvalue weighted by Gasteiger charge is -2.13. The fourth-order valence-electron chi connectivity index (χ4n) is 5.31. The third-order valence-electron chi connectivity index (χ3n) is 7.62. The molecule has 2 atom stereocenters. The van der Waals surface area contributed by atoms with Gasteiger partial charge < -0.3 is 15.8 Å². The Morgan fingerprint density at radius 1 is 0.732 bits per heavy atom. The minimum absolute atomic E-state index is 0.165. The molecule has 41 heavy (non-hydrogen) atoms. The smallest absolute Gasteiger partial charge is 0.411 e. The van der Waals surface area contributed by atoms with Gasteiger partial charge in [-0.2, -0.15) is 0 Å². The molecule has 5 aromatic carbocycles. The van der Waals surface area contributed by atoms with Gasteiger partial charge in [0.1, 0.15) is 6.61 Å². The van der Waals surface area contributed by atoms with Crippen LogP contribution in [0.3, 0.4) is 0 Å². The summed E-state index contributed by atoms with van der Waals surface area (Å²) in [7, 11) is 0. The van der Waals surface area contributed by atoms with Crippen LogP contribution in [0.4, 0.5) is 16.2 Å². The van der Waals surface area contributed by atoms with Crippen LogP contribution in [0, 0.1) is 0 Å². The quantitative estimate of drug-likeness (QED) is 0.193. The summed E-state index contributed by atoms with van der Waals surface area (Å²) < 4.78 is 5.27. The van der Waals surface area contributed by atoms with Crippen molar-refractivity contribution in [1.29, 1.82) is 0 Å². The number of hydrogen-bond acceptors (Lipinski definition) is 4. The number of fused-ring (bicyclic) bond motifs is 1. The van der Waals surface area contributed by atoms with Gasteiger partial charge in [-0.1, -0.05) is 91.0 Å².